The summed E-state index contributed by atoms with van der Waals surface area (Å²) in [6.45, 7) is 2.35. The number of carboxylic acid groups (broad SMARTS) is 1. The van der Waals surface area contributed by atoms with Gasteiger partial charge in [-0.05, 0) is 25.1 Å². The van der Waals surface area contributed by atoms with Crippen molar-refractivity contribution in [1.29, 1.82) is 0 Å². The molecular formula is C16H14N2O5. The van der Waals surface area contributed by atoms with Crippen LogP contribution >= 0.6 is 0 Å². The summed E-state index contributed by atoms with van der Waals surface area (Å²) in [6.07, 6.45) is 0. The van der Waals surface area contributed by atoms with Crippen molar-refractivity contribution < 1.29 is 18.8 Å². The van der Waals surface area contributed by atoms with Gasteiger partial charge in [0, 0.05) is 30.3 Å². The third-order valence-corrected chi connectivity index (χ3v) is 3.47. The molecule has 0 amide bonds. The molecule has 0 aliphatic carbocycles. The summed E-state index contributed by atoms with van der Waals surface area (Å²) >= 11 is 0. The fraction of sp³-hybridized carbons (Fsp3) is 0.188. The largest absolute Gasteiger partial charge is 0.477 e. The highest BCUT2D eigenvalue weighted by Crippen LogP contribution is 2.22. The molecule has 2 aromatic heterocycles. The molecule has 0 spiro atoms. The molecule has 0 saturated carbocycles. The number of fused-ring (bicyclic) bond motifs is 1. The van der Waals surface area contributed by atoms with E-state index in [1.54, 1.807) is 12.1 Å². The highest BCUT2D eigenvalue weighted by Gasteiger charge is 2.13. The van der Waals surface area contributed by atoms with E-state index in [4.69, 9.17) is 14.0 Å². The van der Waals surface area contributed by atoms with Crippen molar-refractivity contribution in [3.8, 4) is 0 Å². The molecule has 0 atom stereocenters. The van der Waals surface area contributed by atoms with Gasteiger partial charge in [-0.1, -0.05) is 5.16 Å². The Morgan fingerprint density at radius 1 is 1.30 bits per heavy atom. The number of aromatic carboxylic acids is 1. The highest BCUT2D eigenvalue weighted by molar-refractivity contribution is 5.92. The van der Waals surface area contributed by atoms with E-state index < -0.39 is 11.6 Å². The zero-order chi connectivity index (χ0) is 16.6. The molecule has 1 aromatic carbocycles. The molecule has 0 aliphatic rings. The van der Waals surface area contributed by atoms with E-state index in [-0.39, 0.29) is 5.56 Å². The number of benzene rings is 1. The van der Waals surface area contributed by atoms with Crippen molar-refractivity contribution in [1.82, 2.24) is 5.16 Å². The Balaban J connectivity index is 1.94. The van der Waals surface area contributed by atoms with E-state index in [0.717, 1.165) is 17.1 Å². The second-order valence-electron chi connectivity index (χ2n) is 5.26. The summed E-state index contributed by atoms with van der Waals surface area (Å²) in [5.74, 6) is -0.567. The zero-order valence-electron chi connectivity index (χ0n) is 12.6. The Labute approximate surface area is 130 Å². The lowest BCUT2D eigenvalue weighted by atomic mass is 10.1. The van der Waals surface area contributed by atoms with Gasteiger partial charge in [0.05, 0.1) is 6.54 Å². The Hall–Kier alpha value is -3.09. The Morgan fingerprint density at radius 3 is 2.74 bits per heavy atom. The van der Waals surface area contributed by atoms with E-state index in [1.165, 1.54) is 6.07 Å². The van der Waals surface area contributed by atoms with Crippen LogP contribution in [0, 0.1) is 6.92 Å². The molecule has 7 heteroatoms. The maximum atomic E-state index is 11.7. The standard InChI is InChI=1S/C16H14N2O5/c1-9-5-11(17-23-9)8-18(2)12-4-3-10-6-13(15(19)20)16(21)22-14(10)7-12/h3-7H,8H2,1-2H3,(H,19,20). The van der Waals surface area contributed by atoms with E-state index in [2.05, 4.69) is 5.16 Å². The number of aromatic nitrogens is 1. The normalized spacial score (nSPS) is 10.9. The lowest BCUT2D eigenvalue weighted by molar-refractivity contribution is 0.0692. The first-order valence-corrected chi connectivity index (χ1v) is 6.88. The minimum atomic E-state index is -1.30. The van der Waals surface area contributed by atoms with Crippen molar-refractivity contribution in [3.63, 3.8) is 0 Å². The van der Waals surface area contributed by atoms with Gasteiger partial charge in [0.25, 0.3) is 0 Å². The van der Waals surface area contributed by atoms with Crippen LogP contribution in [0.25, 0.3) is 11.0 Å². The van der Waals surface area contributed by atoms with Crippen LogP contribution in [0.1, 0.15) is 21.8 Å². The minimum absolute atomic E-state index is 0.334. The molecule has 0 saturated heterocycles. The van der Waals surface area contributed by atoms with Gasteiger partial charge in [0.1, 0.15) is 22.6 Å². The fourth-order valence-corrected chi connectivity index (χ4v) is 2.31. The molecule has 0 fully saturated rings. The molecule has 118 valence electrons. The SMILES string of the molecule is Cc1cc(CN(C)c2ccc3cc(C(=O)O)c(=O)oc3c2)no1. The van der Waals surface area contributed by atoms with Crippen LogP contribution in [0.3, 0.4) is 0 Å². The van der Waals surface area contributed by atoms with Crippen molar-refractivity contribution in [2.75, 3.05) is 11.9 Å². The Kier molecular flexibility index (Phi) is 3.61. The molecular weight excluding hydrogens is 300 g/mol. The van der Waals surface area contributed by atoms with Crippen molar-refractivity contribution in [3.05, 3.63) is 57.8 Å². The summed E-state index contributed by atoms with van der Waals surface area (Å²) in [5, 5.41) is 13.4. The van der Waals surface area contributed by atoms with Crippen molar-refractivity contribution in [2.24, 2.45) is 0 Å². The van der Waals surface area contributed by atoms with Gasteiger partial charge in [-0.2, -0.15) is 0 Å². The molecule has 2 heterocycles. The lowest BCUT2D eigenvalue weighted by Crippen LogP contribution is -2.17. The van der Waals surface area contributed by atoms with Gasteiger partial charge in [0.15, 0.2) is 0 Å². The first-order valence-electron chi connectivity index (χ1n) is 6.88. The number of carbonyl (C=O) groups is 1. The molecule has 3 rings (SSSR count). The summed E-state index contributed by atoms with van der Waals surface area (Å²) < 4.78 is 10.1. The number of aryl methyl sites for hydroxylation is 1. The van der Waals surface area contributed by atoms with E-state index in [9.17, 15) is 9.59 Å². The molecule has 3 aromatic rings. The van der Waals surface area contributed by atoms with Gasteiger partial charge < -0.3 is 18.9 Å². The van der Waals surface area contributed by atoms with Crippen molar-refractivity contribution >= 4 is 22.6 Å². The van der Waals surface area contributed by atoms with Gasteiger partial charge in [-0.25, -0.2) is 9.59 Å². The van der Waals surface area contributed by atoms with Gasteiger partial charge in [0.2, 0.25) is 0 Å². The highest BCUT2D eigenvalue weighted by atomic mass is 16.5. The predicted octanol–water partition coefficient (Wildman–Crippen LogP) is 2.42. The molecule has 1 N–H and O–H groups in total. The van der Waals surface area contributed by atoms with Gasteiger partial charge in [-0.3, -0.25) is 0 Å². The van der Waals surface area contributed by atoms with E-state index in [0.29, 0.717) is 17.5 Å². The minimum Gasteiger partial charge on any atom is -0.477 e. The van der Waals surface area contributed by atoms with Crippen LogP contribution in [0.15, 0.2) is 44.1 Å². The number of carboxylic acids is 1. The number of hydrogen-bond acceptors (Lipinski definition) is 6. The van der Waals surface area contributed by atoms with E-state index >= 15 is 0 Å². The average molecular weight is 314 g/mol. The average Bonchev–Trinajstić information content (AvgIpc) is 2.90. The number of hydrogen-bond donors (Lipinski definition) is 1. The Bertz CT molecular complexity index is 941. The fourth-order valence-electron chi connectivity index (χ4n) is 2.31. The summed E-state index contributed by atoms with van der Waals surface area (Å²) in [6, 6.07) is 8.38. The number of anilines is 1. The molecule has 0 bridgehead atoms. The second kappa shape index (κ2) is 5.60. The summed E-state index contributed by atoms with van der Waals surface area (Å²) in [4.78, 5) is 24.5. The first-order chi connectivity index (χ1) is 10.9. The van der Waals surface area contributed by atoms with Crippen LogP contribution in [0.5, 0.6) is 0 Å². The third-order valence-electron chi connectivity index (χ3n) is 3.47. The van der Waals surface area contributed by atoms with Crippen molar-refractivity contribution in [2.45, 2.75) is 13.5 Å². The summed E-state index contributed by atoms with van der Waals surface area (Å²) in [5.41, 5.74) is 0.687. The van der Waals surface area contributed by atoms with Crippen LogP contribution in [-0.4, -0.2) is 23.3 Å². The Morgan fingerprint density at radius 2 is 2.09 bits per heavy atom. The molecule has 0 aliphatic heterocycles. The molecule has 0 unspecified atom stereocenters. The van der Waals surface area contributed by atoms with Crippen LogP contribution in [0.2, 0.25) is 0 Å². The zero-order valence-corrected chi connectivity index (χ0v) is 12.6. The van der Waals surface area contributed by atoms with Gasteiger partial charge >= 0.3 is 11.6 Å². The quantitative estimate of drug-likeness (QED) is 0.739. The number of nitrogens with zero attached hydrogens (tertiary/aromatic N) is 2. The second-order valence-corrected chi connectivity index (χ2v) is 5.26. The summed E-state index contributed by atoms with van der Waals surface area (Å²) in [7, 11) is 1.87. The lowest BCUT2D eigenvalue weighted by Gasteiger charge is -2.17. The maximum absolute atomic E-state index is 11.7. The van der Waals surface area contributed by atoms with Gasteiger partial charge in [-0.15, -0.1) is 0 Å². The molecule has 7 nitrogen and oxygen atoms in total. The molecule has 23 heavy (non-hydrogen) atoms. The monoisotopic (exact) mass is 314 g/mol. The van der Waals surface area contributed by atoms with Crippen LogP contribution < -0.4 is 10.5 Å². The maximum Gasteiger partial charge on any atom is 0.351 e. The predicted molar refractivity (Wildman–Crippen MR) is 82.8 cm³/mol. The topological polar surface area (TPSA) is 96.8 Å². The smallest absolute Gasteiger partial charge is 0.351 e. The molecule has 0 radical (unpaired) electrons. The van der Waals surface area contributed by atoms with Crippen LogP contribution in [-0.2, 0) is 6.54 Å². The van der Waals surface area contributed by atoms with Crippen LogP contribution in [0.4, 0.5) is 5.69 Å². The van der Waals surface area contributed by atoms with E-state index in [1.807, 2.05) is 31.0 Å². The number of rotatable bonds is 4. The first kappa shape index (κ1) is 14.8. The third kappa shape index (κ3) is 2.94.